The molecule has 9 heteroatoms. The number of carbonyl (C=O) groups is 2. The molecule has 194 valence electrons. The molecule has 5 aromatic rings. The minimum Gasteiger partial charge on any atom is -0.422 e. The maximum atomic E-state index is 13.3. The number of aromatic nitrogens is 1. The quantitative estimate of drug-likeness (QED) is 0.0868. The second-order valence-electron chi connectivity index (χ2n) is 8.68. The molecule has 5 rings (SSSR count). The molecule has 0 aliphatic carbocycles. The standard InChI is InChI=1S/C30H20BrCl2N3O3/c1-17-6-8-18(9-7-17)30(38)39-26-13-10-20(31)14-19(26)16-34-36-29(37)28-27(22-4-2-3-5-24(22)33)23-15-21(32)11-12-25(23)35-28/h2-16,35H,1H3,(H,36,37). The van der Waals surface area contributed by atoms with Crippen molar-refractivity contribution >= 4 is 68.1 Å². The summed E-state index contributed by atoms with van der Waals surface area (Å²) in [5, 5.41) is 5.91. The highest BCUT2D eigenvalue weighted by atomic mass is 79.9. The molecule has 39 heavy (non-hydrogen) atoms. The number of hydrogen-bond donors (Lipinski definition) is 2. The zero-order chi connectivity index (χ0) is 27.5. The number of carbonyl (C=O) groups excluding carboxylic acids is 2. The van der Waals surface area contributed by atoms with Gasteiger partial charge in [-0.15, -0.1) is 0 Å². The highest BCUT2D eigenvalue weighted by Gasteiger charge is 2.21. The Morgan fingerprint density at radius 2 is 1.74 bits per heavy atom. The summed E-state index contributed by atoms with van der Waals surface area (Å²) in [4.78, 5) is 29.1. The van der Waals surface area contributed by atoms with Gasteiger partial charge in [0.15, 0.2) is 0 Å². The summed E-state index contributed by atoms with van der Waals surface area (Å²) in [6.45, 7) is 1.94. The lowest BCUT2D eigenvalue weighted by Crippen LogP contribution is -2.19. The zero-order valence-electron chi connectivity index (χ0n) is 20.5. The largest absolute Gasteiger partial charge is 0.422 e. The first-order chi connectivity index (χ1) is 18.8. The number of nitrogens with zero attached hydrogens (tertiary/aromatic N) is 1. The first-order valence-electron chi connectivity index (χ1n) is 11.8. The topological polar surface area (TPSA) is 83.5 Å². The predicted octanol–water partition coefficient (Wildman–Crippen LogP) is 8.20. The number of aryl methyl sites for hydroxylation is 1. The van der Waals surface area contributed by atoms with Gasteiger partial charge in [0, 0.05) is 42.1 Å². The lowest BCUT2D eigenvalue weighted by Gasteiger charge is -2.09. The molecule has 0 aliphatic heterocycles. The molecule has 1 heterocycles. The van der Waals surface area contributed by atoms with Crippen LogP contribution in [-0.4, -0.2) is 23.1 Å². The van der Waals surface area contributed by atoms with E-state index in [1.165, 1.54) is 6.21 Å². The minimum atomic E-state index is -0.503. The van der Waals surface area contributed by atoms with Gasteiger partial charge in [0.05, 0.1) is 11.8 Å². The smallest absolute Gasteiger partial charge is 0.343 e. The van der Waals surface area contributed by atoms with E-state index in [2.05, 4.69) is 31.4 Å². The number of nitrogens with one attached hydrogen (secondary N) is 2. The van der Waals surface area contributed by atoms with Gasteiger partial charge in [-0.2, -0.15) is 5.10 Å². The van der Waals surface area contributed by atoms with Crippen LogP contribution >= 0.6 is 39.1 Å². The fraction of sp³-hybridized carbons (Fsp3) is 0.0333. The maximum absolute atomic E-state index is 13.3. The summed E-state index contributed by atoms with van der Waals surface area (Å²) in [5.41, 5.74) is 6.79. The Morgan fingerprint density at radius 1 is 0.974 bits per heavy atom. The van der Waals surface area contributed by atoms with Crippen molar-refractivity contribution in [3.8, 4) is 16.9 Å². The minimum absolute atomic E-state index is 0.276. The van der Waals surface area contributed by atoms with Gasteiger partial charge in [-0.25, -0.2) is 10.2 Å². The van der Waals surface area contributed by atoms with Gasteiger partial charge >= 0.3 is 5.97 Å². The third kappa shape index (κ3) is 5.91. The van der Waals surface area contributed by atoms with Gasteiger partial charge in [-0.05, 0) is 61.5 Å². The predicted molar refractivity (Wildman–Crippen MR) is 159 cm³/mol. The monoisotopic (exact) mass is 619 g/mol. The van der Waals surface area contributed by atoms with Crippen molar-refractivity contribution in [2.45, 2.75) is 6.92 Å². The van der Waals surface area contributed by atoms with Crippen LogP contribution in [0.4, 0.5) is 0 Å². The van der Waals surface area contributed by atoms with E-state index in [0.29, 0.717) is 38.0 Å². The summed E-state index contributed by atoms with van der Waals surface area (Å²) in [6.07, 6.45) is 1.41. The second-order valence-corrected chi connectivity index (χ2v) is 10.4. The van der Waals surface area contributed by atoms with Gasteiger partial charge in [0.25, 0.3) is 5.91 Å². The van der Waals surface area contributed by atoms with E-state index >= 15 is 0 Å². The number of amides is 1. The molecule has 0 aliphatic rings. The summed E-state index contributed by atoms with van der Waals surface area (Å²) >= 11 is 16.2. The van der Waals surface area contributed by atoms with E-state index < -0.39 is 11.9 Å². The zero-order valence-corrected chi connectivity index (χ0v) is 23.6. The Labute approximate surface area is 242 Å². The molecular formula is C30H20BrCl2N3O3. The van der Waals surface area contributed by atoms with Crippen LogP contribution in [0.3, 0.4) is 0 Å². The number of fused-ring (bicyclic) bond motifs is 1. The molecule has 0 radical (unpaired) electrons. The van der Waals surface area contributed by atoms with E-state index in [4.69, 9.17) is 27.9 Å². The number of benzene rings is 4. The normalized spacial score (nSPS) is 11.2. The summed E-state index contributed by atoms with van der Waals surface area (Å²) < 4.78 is 6.36. The maximum Gasteiger partial charge on any atom is 0.343 e. The summed E-state index contributed by atoms with van der Waals surface area (Å²) in [5.74, 6) is -0.697. The van der Waals surface area contributed by atoms with E-state index in [0.717, 1.165) is 20.9 Å². The number of rotatable bonds is 6. The SMILES string of the molecule is Cc1ccc(C(=O)Oc2ccc(Br)cc2C=NNC(=O)c2[nH]c3ccc(Cl)cc3c2-c2ccccc2Cl)cc1. The first-order valence-corrected chi connectivity index (χ1v) is 13.3. The van der Waals surface area contributed by atoms with Gasteiger partial charge in [-0.3, -0.25) is 4.79 Å². The van der Waals surface area contributed by atoms with Crippen LogP contribution in [0.15, 0.2) is 94.5 Å². The molecule has 6 nitrogen and oxygen atoms in total. The molecule has 4 aromatic carbocycles. The highest BCUT2D eigenvalue weighted by Crippen LogP contribution is 2.37. The van der Waals surface area contributed by atoms with Crippen molar-refractivity contribution in [3.63, 3.8) is 0 Å². The molecule has 1 amide bonds. The molecule has 2 N–H and O–H groups in total. The van der Waals surface area contributed by atoms with Crippen molar-refractivity contribution in [1.82, 2.24) is 10.4 Å². The summed E-state index contributed by atoms with van der Waals surface area (Å²) in [6, 6.07) is 24.8. The Morgan fingerprint density at radius 3 is 2.51 bits per heavy atom. The van der Waals surface area contributed by atoms with E-state index in [-0.39, 0.29) is 5.69 Å². The van der Waals surface area contributed by atoms with Crippen molar-refractivity contribution in [1.29, 1.82) is 0 Å². The number of hydrazone groups is 1. The summed E-state index contributed by atoms with van der Waals surface area (Å²) in [7, 11) is 0. The van der Waals surface area contributed by atoms with E-state index in [9.17, 15) is 9.59 Å². The third-order valence-electron chi connectivity index (χ3n) is 5.96. The highest BCUT2D eigenvalue weighted by molar-refractivity contribution is 9.10. The van der Waals surface area contributed by atoms with Crippen molar-refractivity contribution in [3.05, 3.63) is 122 Å². The molecule has 0 spiro atoms. The fourth-order valence-electron chi connectivity index (χ4n) is 4.06. The third-order valence-corrected chi connectivity index (χ3v) is 7.02. The van der Waals surface area contributed by atoms with Crippen LogP contribution in [0.2, 0.25) is 10.0 Å². The van der Waals surface area contributed by atoms with E-state index in [1.54, 1.807) is 54.6 Å². The van der Waals surface area contributed by atoms with Crippen LogP contribution in [-0.2, 0) is 0 Å². The van der Waals surface area contributed by atoms with Gasteiger partial charge in [-0.1, -0.05) is 75.0 Å². The Kier molecular flexibility index (Phi) is 7.84. The molecule has 0 bridgehead atoms. The molecular weight excluding hydrogens is 601 g/mol. The molecule has 1 aromatic heterocycles. The molecule has 0 unspecified atom stereocenters. The number of hydrogen-bond acceptors (Lipinski definition) is 4. The first kappa shape index (κ1) is 26.7. The molecule has 0 saturated heterocycles. The van der Waals surface area contributed by atoms with Crippen LogP contribution in [0.5, 0.6) is 5.75 Å². The Bertz CT molecular complexity index is 1750. The van der Waals surface area contributed by atoms with Crippen molar-refractivity contribution in [2.24, 2.45) is 5.10 Å². The average molecular weight is 621 g/mol. The van der Waals surface area contributed by atoms with Gasteiger partial charge in [0.2, 0.25) is 0 Å². The van der Waals surface area contributed by atoms with Crippen molar-refractivity contribution in [2.75, 3.05) is 0 Å². The lowest BCUT2D eigenvalue weighted by atomic mass is 10.0. The number of aromatic amines is 1. The number of esters is 1. The average Bonchev–Trinajstić information content (AvgIpc) is 3.29. The Balaban J connectivity index is 1.43. The second kappa shape index (κ2) is 11.5. The van der Waals surface area contributed by atoms with Crippen molar-refractivity contribution < 1.29 is 14.3 Å². The van der Waals surface area contributed by atoms with Gasteiger partial charge < -0.3 is 9.72 Å². The number of H-pyrrole nitrogens is 1. The fourth-order valence-corrected chi connectivity index (χ4v) is 4.84. The number of halogens is 3. The van der Waals surface area contributed by atoms with Crippen LogP contribution in [0.25, 0.3) is 22.0 Å². The lowest BCUT2D eigenvalue weighted by molar-refractivity contribution is 0.0734. The Hall–Kier alpha value is -3.91. The molecule has 0 saturated carbocycles. The van der Waals surface area contributed by atoms with E-state index in [1.807, 2.05) is 37.3 Å². The molecule has 0 atom stereocenters. The number of ether oxygens (including phenoxy) is 1. The van der Waals surface area contributed by atoms with Gasteiger partial charge in [0.1, 0.15) is 11.4 Å². The van der Waals surface area contributed by atoms with Crippen LogP contribution in [0.1, 0.15) is 32.0 Å². The van der Waals surface area contributed by atoms with Crippen LogP contribution in [0, 0.1) is 6.92 Å². The molecule has 0 fully saturated rings. The van der Waals surface area contributed by atoms with Crippen LogP contribution < -0.4 is 10.2 Å².